The molecule has 0 fully saturated rings. The Morgan fingerprint density at radius 2 is 1.61 bits per heavy atom. The molecule has 1 aromatic heterocycles. The first-order chi connectivity index (χ1) is 8.62. The molecule has 0 unspecified atom stereocenters. The van der Waals surface area contributed by atoms with Crippen molar-refractivity contribution in [1.29, 1.82) is 0 Å². The summed E-state index contributed by atoms with van der Waals surface area (Å²) in [5.41, 5.74) is 1.15. The number of pyridine rings is 1. The summed E-state index contributed by atoms with van der Waals surface area (Å²) < 4.78 is 0. The van der Waals surface area contributed by atoms with Gasteiger partial charge in [0.1, 0.15) is 11.4 Å². The van der Waals surface area contributed by atoms with Crippen LogP contribution in [0.3, 0.4) is 0 Å². The van der Waals surface area contributed by atoms with Gasteiger partial charge in [-0.15, -0.1) is 0 Å². The maximum Gasteiger partial charge on any atom is 0.269 e. The van der Waals surface area contributed by atoms with Crippen molar-refractivity contribution in [3.63, 3.8) is 0 Å². The van der Waals surface area contributed by atoms with Crippen LogP contribution in [0.2, 0.25) is 0 Å². The molecule has 2 amide bonds. The second-order valence-corrected chi connectivity index (χ2v) is 3.71. The number of nitrogens with one attached hydrogen (secondary N) is 3. The van der Waals surface area contributed by atoms with Gasteiger partial charge in [0.05, 0.1) is 0 Å². The number of hydrogen-bond acceptors (Lipinski definition) is 4. The highest BCUT2D eigenvalue weighted by molar-refractivity contribution is 5.97. The van der Waals surface area contributed by atoms with Crippen molar-refractivity contribution < 1.29 is 9.59 Å². The van der Waals surface area contributed by atoms with Crippen LogP contribution in [0.1, 0.15) is 34.3 Å². The van der Waals surface area contributed by atoms with Crippen LogP contribution >= 0.6 is 0 Å². The van der Waals surface area contributed by atoms with Crippen LogP contribution in [0, 0.1) is 0 Å². The van der Waals surface area contributed by atoms with Gasteiger partial charge in [0, 0.05) is 26.3 Å². The summed E-state index contributed by atoms with van der Waals surface area (Å²) in [6, 6.07) is 3.25. The van der Waals surface area contributed by atoms with Crippen molar-refractivity contribution in [3.05, 3.63) is 23.5 Å². The van der Waals surface area contributed by atoms with E-state index in [-0.39, 0.29) is 23.2 Å². The highest BCUT2D eigenvalue weighted by Crippen LogP contribution is 2.12. The van der Waals surface area contributed by atoms with Crippen LogP contribution < -0.4 is 16.0 Å². The Hall–Kier alpha value is -2.11. The van der Waals surface area contributed by atoms with E-state index >= 15 is 0 Å². The minimum Gasteiger partial charge on any atom is -0.385 e. The molecule has 1 aromatic rings. The minimum absolute atomic E-state index is 0.220. The highest BCUT2D eigenvalue weighted by atomic mass is 16.2. The third-order valence-electron chi connectivity index (χ3n) is 2.32. The van der Waals surface area contributed by atoms with Gasteiger partial charge in [0.15, 0.2) is 0 Å². The van der Waals surface area contributed by atoms with Gasteiger partial charge in [-0.1, -0.05) is 6.92 Å². The van der Waals surface area contributed by atoms with Crippen molar-refractivity contribution in [1.82, 2.24) is 15.6 Å². The molecule has 0 aliphatic rings. The second-order valence-electron chi connectivity index (χ2n) is 3.71. The topological polar surface area (TPSA) is 83.1 Å². The average Bonchev–Trinajstić information content (AvgIpc) is 2.42. The van der Waals surface area contributed by atoms with Gasteiger partial charge < -0.3 is 16.0 Å². The number of rotatable bonds is 5. The molecule has 0 spiro atoms. The predicted molar refractivity (Wildman–Crippen MR) is 69.8 cm³/mol. The summed E-state index contributed by atoms with van der Waals surface area (Å²) in [6.45, 7) is 2.80. The molecule has 0 aromatic carbocycles. The van der Waals surface area contributed by atoms with Gasteiger partial charge in [-0.25, -0.2) is 4.98 Å². The lowest BCUT2D eigenvalue weighted by molar-refractivity contribution is 0.0954. The number of anilines is 1. The zero-order valence-corrected chi connectivity index (χ0v) is 10.8. The van der Waals surface area contributed by atoms with Gasteiger partial charge in [0.2, 0.25) is 0 Å². The molecule has 0 atom stereocenters. The summed E-state index contributed by atoms with van der Waals surface area (Å²) in [5, 5.41) is 8.11. The standard InChI is InChI=1S/C12H18N4O2/c1-4-5-15-8-6-9(11(17)13-2)16-10(7-8)12(18)14-3/h6-7H,4-5H2,1-3H3,(H,13,17)(H,14,18)(H,15,16). The normalized spacial score (nSPS) is 9.72. The summed E-state index contributed by atoms with van der Waals surface area (Å²) in [6.07, 6.45) is 0.951. The largest absolute Gasteiger partial charge is 0.385 e. The third kappa shape index (κ3) is 3.44. The van der Waals surface area contributed by atoms with E-state index in [0.29, 0.717) is 5.69 Å². The molecule has 0 radical (unpaired) electrons. The summed E-state index contributed by atoms with van der Waals surface area (Å²) in [7, 11) is 3.05. The molecule has 98 valence electrons. The summed E-state index contributed by atoms with van der Waals surface area (Å²) in [4.78, 5) is 27.2. The van der Waals surface area contributed by atoms with Crippen LogP contribution in [0.4, 0.5) is 5.69 Å². The number of amides is 2. The Bertz CT molecular complexity index is 411. The van der Waals surface area contributed by atoms with Crippen molar-refractivity contribution in [2.45, 2.75) is 13.3 Å². The fraction of sp³-hybridized carbons (Fsp3) is 0.417. The molecule has 0 bridgehead atoms. The molecule has 3 N–H and O–H groups in total. The molecule has 1 heterocycles. The fourth-order valence-electron chi connectivity index (χ4n) is 1.39. The lowest BCUT2D eigenvalue weighted by atomic mass is 10.2. The van der Waals surface area contributed by atoms with Crippen LogP contribution in [0.15, 0.2) is 12.1 Å². The molecule has 6 nitrogen and oxygen atoms in total. The average molecular weight is 250 g/mol. The molecular weight excluding hydrogens is 232 g/mol. The number of aromatic nitrogens is 1. The van der Waals surface area contributed by atoms with Gasteiger partial charge in [-0.05, 0) is 18.6 Å². The van der Waals surface area contributed by atoms with E-state index in [9.17, 15) is 9.59 Å². The lowest BCUT2D eigenvalue weighted by Gasteiger charge is -2.09. The fourth-order valence-corrected chi connectivity index (χ4v) is 1.39. The molecule has 6 heteroatoms. The number of nitrogens with zero attached hydrogens (tertiary/aromatic N) is 1. The first-order valence-corrected chi connectivity index (χ1v) is 5.82. The maximum absolute atomic E-state index is 11.6. The Balaban J connectivity index is 3.11. The lowest BCUT2D eigenvalue weighted by Crippen LogP contribution is -2.24. The predicted octanol–water partition coefficient (Wildman–Crippen LogP) is 0.623. The molecule has 0 aliphatic heterocycles. The van der Waals surface area contributed by atoms with E-state index in [0.717, 1.165) is 13.0 Å². The second kappa shape index (κ2) is 6.58. The number of carbonyl (C=O) groups is 2. The van der Waals surface area contributed by atoms with E-state index < -0.39 is 0 Å². The monoisotopic (exact) mass is 250 g/mol. The van der Waals surface area contributed by atoms with Crippen LogP contribution in [-0.2, 0) is 0 Å². The van der Waals surface area contributed by atoms with E-state index in [1.54, 1.807) is 12.1 Å². The van der Waals surface area contributed by atoms with Crippen LogP contribution in [-0.4, -0.2) is 37.4 Å². The van der Waals surface area contributed by atoms with E-state index in [2.05, 4.69) is 20.9 Å². The van der Waals surface area contributed by atoms with Gasteiger partial charge in [0.25, 0.3) is 11.8 Å². The Morgan fingerprint density at radius 3 is 2.00 bits per heavy atom. The zero-order valence-electron chi connectivity index (χ0n) is 10.8. The molecule has 18 heavy (non-hydrogen) atoms. The molecule has 0 saturated heterocycles. The summed E-state index contributed by atoms with van der Waals surface area (Å²) >= 11 is 0. The first kappa shape index (κ1) is 14.0. The Morgan fingerprint density at radius 1 is 1.11 bits per heavy atom. The zero-order chi connectivity index (χ0) is 13.5. The van der Waals surface area contributed by atoms with Gasteiger partial charge in [-0.2, -0.15) is 0 Å². The van der Waals surface area contributed by atoms with E-state index in [4.69, 9.17) is 0 Å². The minimum atomic E-state index is -0.319. The molecular formula is C12H18N4O2. The van der Waals surface area contributed by atoms with Crippen LogP contribution in [0.5, 0.6) is 0 Å². The van der Waals surface area contributed by atoms with Crippen molar-refractivity contribution >= 4 is 17.5 Å². The summed E-state index contributed by atoms with van der Waals surface area (Å²) in [5.74, 6) is -0.638. The van der Waals surface area contributed by atoms with E-state index in [1.807, 2.05) is 6.92 Å². The van der Waals surface area contributed by atoms with E-state index in [1.165, 1.54) is 14.1 Å². The Kier molecular flexibility index (Phi) is 5.10. The molecule has 0 saturated carbocycles. The van der Waals surface area contributed by atoms with Crippen LogP contribution in [0.25, 0.3) is 0 Å². The highest BCUT2D eigenvalue weighted by Gasteiger charge is 2.12. The first-order valence-electron chi connectivity index (χ1n) is 5.82. The maximum atomic E-state index is 11.6. The van der Waals surface area contributed by atoms with Gasteiger partial charge >= 0.3 is 0 Å². The number of hydrogen-bond donors (Lipinski definition) is 3. The SMILES string of the molecule is CCCNc1cc(C(=O)NC)nc(C(=O)NC)c1. The quantitative estimate of drug-likeness (QED) is 0.715. The van der Waals surface area contributed by atoms with Gasteiger partial charge in [-0.3, -0.25) is 9.59 Å². The van der Waals surface area contributed by atoms with Crippen molar-refractivity contribution in [2.75, 3.05) is 26.0 Å². The van der Waals surface area contributed by atoms with Crippen molar-refractivity contribution in [2.24, 2.45) is 0 Å². The Labute approximate surface area is 106 Å². The smallest absolute Gasteiger partial charge is 0.269 e. The third-order valence-corrected chi connectivity index (χ3v) is 2.32. The van der Waals surface area contributed by atoms with Crippen molar-refractivity contribution in [3.8, 4) is 0 Å². The molecule has 1 rings (SSSR count). The molecule has 0 aliphatic carbocycles. The number of carbonyl (C=O) groups excluding carboxylic acids is 2.